The van der Waals surface area contributed by atoms with Gasteiger partial charge in [0.2, 0.25) is 0 Å². The van der Waals surface area contributed by atoms with E-state index in [9.17, 15) is 8.42 Å². The number of nitrogens with one attached hydrogen (secondary N) is 1. The first kappa shape index (κ1) is 14.6. The number of aryl methyl sites for hydroxylation is 2. The van der Waals surface area contributed by atoms with Gasteiger partial charge >= 0.3 is 0 Å². The number of anilines is 1. The van der Waals surface area contributed by atoms with E-state index >= 15 is 0 Å². The highest BCUT2D eigenvalue weighted by Crippen LogP contribution is 2.21. The summed E-state index contributed by atoms with van der Waals surface area (Å²) in [4.78, 5) is 0.337. The van der Waals surface area contributed by atoms with Gasteiger partial charge < -0.3 is 5.32 Å². The lowest BCUT2D eigenvalue weighted by atomic mass is 10.1. The van der Waals surface area contributed by atoms with E-state index in [1.54, 1.807) is 18.2 Å². The molecular formula is C16H19NO2S. The number of sulfone groups is 1. The van der Waals surface area contributed by atoms with Gasteiger partial charge in [0.1, 0.15) is 0 Å². The van der Waals surface area contributed by atoms with E-state index in [0.29, 0.717) is 17.1 Å². The second-order valence-corrected chi connectivity index (χ2v) is 7.10. The zero-order valence-electron chi connectivity index (χ0n) is 12.0. The molecule has 2 rings (SSSR count). The first-order valence-corrected chi connectivity index (χ1v) is 8.35. The molecule has 0 aliphatic carbocycles. The molecule has 20 heavy (non-hydrogen) atoms. The number of benzene rings is 2. The average Bonchev–Trinajstić information content (AvgIpc) is 2.34. The summed E-state index contributed by atoms with van der Waals surface area (Å²) in [5.41, 5.74) is 4.20. The van der Waals surface area contributed by atoms with Crippen LogP contribution in [0.2, 0.25) is 0 Å². The van der Waals surface area contributed by atoms with Crippen molar-refractivity contribution in [2.24, 2.45) is 0 Å². The molecular weight excluding hydrogens is 270 g/mol. The summed E-state index contributed by atoms with van der Waals surface area (Å²) in [6, 6.07) is 13.3. The van der Waals surface area contributed by atoms with Crippen LogP contribution >= 0.6 is 0 Å². The standard InChI is InChI=1S/C16H19NO2S/c1-12-8-13(2)10-14(9-12)11-17-15-6-4-5-7-16(15)20(3,18)19/h4-10,17H,11H2,1-3H3. The Morgan fingerprint density at radius 2 is 1.60 bits per heavy atom. The third-order valence-electron chi connectivity index (χ3n) is 3.05. The van der Waals surface area contributed by atoms with Gasteiger partial charge in [0.15, 0.2) is 9.84 Å². The van der Waals surface area contributed by atoms with Crippen LogP contribution in [-0.2, 0) is 16.4 Å². The van der Waals surface area contributed by atoms with E-state index in [2.05, 4.69) is 37.4 Å². The number of hydrogen-bond acceptors (Lipinski definition) is 3. The molecule has 0 aromatic heterocycles. The zero-order valence-corrected chi connectivity index (χ0v) is 12.8. The Bertz CT molecular complexity index is 701. The molecule has 3 nitrogen and oxygen atoms in total. The van der Waals surface area contributed by atoms with Gasteiger partial charge in [-0.1, -0.05) is 41.5 Å². The lowest BCUT2D eigenvalue weighted by Gasteiger charge is -2.11. The van der Waals surface area contributed by atoms with Gasteiger partial charge in [0.25, 0.3) is 0 Å². The molecule has 0 heterocycles. The Morgan fingerprint density at radius 3 is 2.20 bits per heavy atom. The second kappa shape index (κ2) is 5.67. The maximum Gasteiger partial charge on any atom is 0.177 e. The van der Waals surface area contributed by atoms with Crippen molar-refractivity contribution in [3.8, 4) is 0 Å². The van der Waals surface area contributed by atoms with E-state index in [-0.39, 0.29) is 0 Å². The molecule has 106 valence electrons. The third kappa shape index (κ3) is 3.61. The molecule has 0 atom stereocenters. The molecule has 0 saturated heterocycles. The Balaban J connectivity index is 2.23. The van der Waals surface area contributed by atoms with Crippen LogP contribution in [0.25, 0.3) is 0 Å². The summed E-state index contributed by atoms with van der Waals surface area (Å²) in [6.45, 7) is 4.72. The summed E-state index contributed by atoms with van der Waals surface area (Å²) in [5, 5.41) is 3.21. The molecule has 0 unspecified atom stereocenters. The molecule has 0 bridgehead atoms. The molecule has 0 amide bonds. The van der Waals surface area contributed by atoms with E-state index in [4.69, 9.17) is 0 Å². The highest BCUT2D eigenvalue weighted by atomic mass is 32.2. The van der Waals surface area contributed by atoms with Crippen molar-refractivity contribution < 1.29 is 8.42 Å². The second-order valence-electron chi connectivity index (χ2n) is 5.12. The fourth-order valence-electron chi connectivity index (χ4n) is 2.30. The lowest BCUT2D eigenvalue weighted by Crippen LogP contribution is -2.06. The van der Waals surface area contributed by atoms with E-state index < -0.39 is 9.84 Å². The van der Waals surface area contributed by atoms with Crippen LogP contribution in [0.15, 0.2) is 47.4 Å². The van der Waals surface area contributed by atoms with Crippen molar-refractivity contribution in [2.45, 2.75) is 25.3 Å². The van der Waals surface area contributed by atoms with Crippen molar-refractivity contribution in [3.05, 3.63) is 59.2 Å². The first-order chi connectivity index (χ1) is 9.36. The predicted molar refractivity (Wildman–Crippen MR) is 82.8 cm³/mol. The monoisotopic (exact) mass is 289 g/mol. The van der Waals surface area contributed by atoms with Crippen LogP contribution in [0.5, 0.6) is 0 Å². The molecule has 0 saturated carbocycles. The Hall–Kier alpha value is -1.81. The summed E-state index contributed by atoms with van der Waals surface area (Å²) in [5.74, 6) is 0. The predicted octanol–water partition coefficient (Wildman–Crippen LogP) is 3.32. The zero-order chi connectivity index (χ0) is 14.8. The van der Waals surface area contributed by atoms with Crippen molar-refractivity contribution in [1.29, 1.82) is 0 Å². The Kier molecular flexibility index (Phi) is 4.14. The van der Waals surface area contributed by atoms with Crippen LogP contribution in [0.1, 0.15) is 16.7 Å². The van der Waals surface area contributed by atoms with Crippen LogP contribution in [0.3, 0.4) is 0 Å². The van der Waals surface area contributed by atoms with Gasteiger partial charge in [-0.2, -0.15) is 0 Å². The molecule has 0 spiro atoms. The quantitative estimate of drug-likeness (QED) is 0.939. The SMILES string of the molecule is Cc1cc(C)cc(CNc2ccccc2S(C)(=O)=O)c1. The molecule has 1 N–H and O–H groups in total. The maximum absolute atomic E-state index is 11.7. The normalized spacial score (nSPS) is 11.3. The van der Waals surface area contributed by atoms with E-state index in [0.717, 1.165) is 5.56 Å². The van der Waals surface area contributed by atoms with Crippen LogP contribution in [0.4, 0.5) is 5.69 Å². The number of para-hydroxylation sites is 1. The Morgan fingerprint density at radius 1 is 1.00 bits per heavy atom. The number of rotatable bonds is 4. The van der Waals surface area contributed by atoms with Crippen molar-refractivity contribution in [2.75, 3.05) is 11.6 Å². The largest absolute Gasteiger partial charge is 0.380 e. The number of hydrogen-bond donors (Lipinski definition) is 1. The van der Waals surface area contributed by atoms with Crippen molar-refractivity contribution >= 4 is 15.5 Å². The molecule has 0 fully saturated rings. The van der Waals surface area contributed by atoms with Gasteiger partial charge in [-0.25, -0.2) is 8.42 Å². The van der Waals surface area contributed by atoms with Crippen molar-refractivity contribution in [1.82, 2.24) is 0 Å². The van der Waals surface area contributed by atoms with Gasteiger partial charge in [0.05, 0.1) is 10.6 Å². The van der Waals surface area contributed by atoms with Crippen LogP contribution < -0.4 is 5.32 Å². The summed E-state index contributed by atoms with van der Waals surface area (Å²) >= 11 is 0. The summed E-state index contributed by atoms with van der Waals surface area (Å²) in [6.07, 6.45) is 1.23. The Labute approximate surface area is 120 Å². The molecule has 0 aliphatic heterocycles. The minimum Gasteiger partial charge on any atom is -0.380 e. The highest BCUT2D eigenvalue weighted by molar-refractivity contribution is 7.90. The summed E-state index contributed by atoms with van der Waals surface area (Å²) in [7, 11) is -3.22. The lowest BCUT2D eigenvalue weighted by molar-refractivity contribution is 0.602. The smallest absolute Gasteiger partial charge is 0.177 e. The van der Waals surface area contributed by atoms with Gasteiger partial charge in [0, 0.05) is 12.8 Å². The van der Waals surface area contributed by atoms with E-state index in [1.807, 2.05) is 6.07 Å². The molecule has 4 heteroatoms. The molecule has 0 radical (unpaired) electrons. The van der Waals surface area contributed by atoms with Gasteiger partial charge in [-0.05, 0) is 31.5 Å². The fourth-order valence-corrected chi connectivity index (χ4v) is 3.17. The molecule has 2 aromatic carbocycles. The van der Waals surface area contributed by atoms with Crippen LogP contribution in [0, 0.1) is 13.8 Å². The van der Waals surface area contributed by atoms with Crippen molar-refractivity contribution in [3.63, 3.8) is 0 Å². The highest BCUT2D eigenvalue weighted by Gasteiger charge is 2.12. The van der Waals surface area contributed by atoms with Gasteiger partial charge in [-0.15, -0.1) is 0 Å². The minimum atomic E-state index is -3.22. The first-order valence-electron chi connectivity index (χ1n) is 6.46. The van der Waals surface area contributed by atoms with Gasteiger partial charge in [-0.3, -0.25) is 0 Å². The average molecular weight is 289 g/mol. The van der Waals surface area contributed by atoms with Crippen LogP contribution in [-0.4, -0.2) is 14.7 Å². The fraction of sp³-hybridized carbons (Fsp3) is 0.250. The minimum absolute atomic E-state index is 0.337. The third-order valence-corrected chi connectivity index (χ3v) is 4.21. The molecule has 0 aliphatic rings. The maximum atomic E-state index is 11.7. The summed E-state index contributed by atoms with van der Waals surface area (Å²) < 4.78 is 23.5. The van der Waals surface area contributed by atoms with E-state index in [1.165, 1.54) is 17.4 Å². The topological polar surface area (TPSA) is 46.2 Å². The molecule has 2 aromatic rings.